The van der Waals surface area contributed by atoms with Gasteiger partial charge in [-0.3, -0.25) is 0 Å². The molecule has 7 heteroatoms. The van der Waals surface area contributed by atoms with E-state index >= 15 is 0 Å². The maximum Gasteiger partial charge on any atom is 0.363 e. The van der Waals surface area contributed by atoms with Gasteiger partial charge >= 0.3 is 5.97 Å². The highest BCUT2D eigenvalue weighted by Crippen LogP contribution is 2.31. The molecule has 0 atom stereocenters. The first-order chi connectivity index (χ1) is 15.5. The van der Waals surface area contributed by atoms with Crippen LogP contribution in [0.3, 0.4) is 0 Å². The van der Waals surface area contributed by atoms with Crippen molar-refractivity contribution < 1.29 is 19.0 Å². The number of esters is 1. The fourth-order valence-electron chi connectivity index (χ4n) is 3.06. The smallest absolute Gasteiger partial charge is 0.363 e. The second-order valence-corrected chi connectivity index (χ2v) is 7.69. The first kappa shape index (κ1) is 21.9. The van der Waals surface area contributed by atoms with Gasteiger partial charge in [0.1, 0.15) is 6.61 Å². The van der Waals surface area contributed by atoms with Gasteiger partial charge in [0, 0.05) is 5.56 Å². The van der Waals surface area contributed by atoms with Crippen LogP contribution >= 0.6 is 23.2 Å². The fraction of sp³-hybridized carbons (Fsp3) is 0.120. The molecule has 4 rings (SSSR count). The topological polar surface area (TPSA) is 57.1 Å². The predicted octanol–water partition coefficient (Wildman–Crippen LogP) is 6.32. The van der Waals surface area contributed by atoms with Crippen molar-refractivity contribution in [2.24, 2.45) is 4.99 Å². The molecule has 162 valence electrons. The molecule has 0 saturated heterocycles. The predicted molar refractivity (Wildman–Crippen MR) is 125 cm³/mol. The van der Waals surface area contributed by atoms with Crippen LogP contribution in [0.25, 0.3) is 6.08 Å². The van der Waals surface area contributed by atoms with E-state index in [-0.39, 0.29) is 11.6 Å². The molecule has 3 aromatic rings. The molecule has 0 aliphatic carbocycles. The summed E-state index contributed by atoms with van der Waals surface area (Å²) in [6.45, 7) is 2.65. The van der Waals surface area contributed by atoms with Crippen molar-refractivity contribution in [1.29, 1.82) is 0 Å². The number of carbonyl (C=O) groups excluding carboxylic acids is 1. The molecule has 0 spiro atoms. The zero-order valence-electron chi connectivity index (χ0n) is 17.2. The number of halogens is 2. The molecule has 0 unspecified atom stereocenters. The Morgan fingerprint density at radius 3 is 2.50 bits per heavy atom. The van der Waals surface area contributed by atoms with Crippen molar-refractivity contribution in [3.05, 3.63) is 99.2 Å². The van der Waals surface area contributed by atoms with Crippen LogP contribution in [-0.4, -0.2) is 18.5 Å². The highest BCUT2D eigenvalue weighted by molar-refractivity contribution is 6.42. The normalized spacial score (nSPS) is 14.3. The zero-order chi connectivity index (χ0) is 22.5. The second-order valence-electron chi connectivity index (χ2n) is 6.88. The number of carbonyl (C=O) groups is 1. The third-order valence-corrected chi connectivity index (χ3v) is 5.33. The minimum atomic E-state index is -0.498. The summed E-state index contributed by atoms with van der Waals surface area (Å²) in [7, 11) is 0. The lowest BCUT2D eigenvalue weighted by Gasteiger charge is -2.13. The first-order valence-corrected chi connectivity index (χ1v) is 10.7. The maximum atomic E-state index is 12.3. The van der Waals surface area contributed by atoms with Crippen LogP contribution < -0.4 is 9.47 Å². The molecule has 0 bridgehead atoms. The number of hydrogen-bond donors (Lipinski definition) is 0. The largest absolute Gasteiger partial charge is 0.490 e. The molecule has 0 fully saturated rings. The molecule has 1 aliphatic heterocycles. The number of aliphatic imine (C=N–C) groups is 1. The second kappa shape index (κ2) is 9.90. The molecule has 3 aromatic carbocycles. The number of nitrogens with zero attached hydrogens (tertiary/aromatic N) is 1. The first-order valence-electron chi connectivity index (χ1n) is 9.95. The average Bonchev–Trinajstić information content (AvgIpc) is 3.16. The number of hydrogen-bond acceptors (Lipinski definition) is 5. The Morgan fingerprint density at radius 2 is 1.75 bits per heavy atom. The van der Waals surface area contributed by atoms with Crippen LogP contribution in [0, 0.1) is 0 Å². The van der Waals surface area contributed by atoms with Crippen molar-refractivity contribution in [1.82, 2.24) is 0 Å². The van der Waals surface area contributed by atoms with E-state index in [9.17, 15) is 4.79 Å². The van der Waals surface area contributed by atoms with Gasteiger partial charge in [-0.2, -0.15) is 0 Å². The number of benzene rings is 3. The molecule has 1 heterocycles. The molecule has 0 saturated carbocycles. The van der Waals surface area contributed by atoms with Crippen LogP contribution in [0.1, 0.15) is 23.6 Å². The van der Waals surface area contributed by atoms with E-state index in [1.54, 1.807) is 30.3 Å². The average molecular weight is 468 g/mol. The Hall–Kier alpha value is -3.28. The maximum absolute atomic E-state index is 12.3. The molecule has 0 aromatic heterocycles. The van der Waals surface area contributed by atoms with Gasteiger partial charge in [0.25, 0.3) is 0 Å². The highest BCUT2D eigenvalue weighted by Gasteiger charge is 2.24. The SMILES string of the molecule is CCOc1cc(/C=C2\N=C(c3ccccc3)OC2=O)ccc1OCc1ccc(Cl)c(Cl)c1. The van der Waals surface area contributed by atoms with Crippen LogP contribution in [0.2, 0.25) is 10.0 Å². The number of ether oxygens (including phenoxy) is 3. The number of rotatable bonds is 7. The van der Waals surface area contributed by atoms with Gasteiger partial charge in [-0.15, -0.1) is 0 Å². The summed E-state index contributed by atoms with van der Waals surface area (Å²) in [5.41, 5.74) is 2.57. The van der Waals surface area contributed by atoms with E-state index in [0.717, 1.165) is 16.7 Å². The fourth-order valence-corrected chi connectivity index (χ4v) is 3.38. The Kier molecular flexibility index (Phi) is 6.78. The summed E-state index contributed by atoms with van der Waals surface area (Å²) < 4.78 is 17.0. The summed E-state index contributed by atoms with van der Waals surface area (Å²) in [5.74, 6) is 0.915. The van der Waals surface area contributed by atoms with Gasteiger partial charge in [0.15, 0.2) is 17.2 Å². The van der Waals surface area contributed by atoms with E-state index in [0.29, 0.717) is 34.8 Å². The molecule has 0 N–H and O–H groups in total. The van der Waals surface area contributed by atoms with Crippen molar-refractivity contribution in [3.63, 3.8) is 0 Å². The van der Waals surface area contributed by atoms with Gasteiger partial charge in [0.2, 0.25) is 5.90 Å². The number of cyclic esters (lactones) is 1. The third-order valence-electron chi connectivity index (χ3n) is 4.59. The highest BCUT2D eigenvalue weighted by atomic mass is 35.5. The lowest BCUT2D eigenvalue weighted by molar-refractivity contribution is -0.129. The van der Waals surface area contributed by atoms with Crippen LogP contribution in [-0.2, 0) is 16.1 Å². The van der Waals surface area contributed by atoms with Crippen LogP contribution in [0.5, 0.6) is 11.5 Å². The molecule has 0 radical (unpaired) electrons. The Bertz CT molecular complexity index is 1210. The van der Waals surface area contributed by atoms with E-state index in [1.807, 2.05) is 49.4 Å². The third kappa shape index (κ3) is 5.13. The summed E-state index contributed by atoms with van der Waals surface area (Å²) in [5, 5.41) is 0.963. The standard InChI is InChI=1S/C25H19Cl2NO4/c1-2-30-23-14-16(9-11-22(23)31-15-17-8-10-19(26)20(27)12-17)13-21-25(29)32-24(28-21)18-6-4-3-5-7-18/h3-14H,2,15H2,1H3/b21-13-. The van der Waals surface area contributed by atoms with E-state index in [1.165, 1.54) is 0 Å². The van der Waals surface area contributed by atoms with Gasteiger partial charge in [-0.1, -0.05) is 53.5 Å². The van der Waals surface area contributed by atoms with Gasteiger partial charge in [0.05, 0.1) is 16.7 Å². The Labute approximate surface area is 195 Å². The molecule has 0 amide bonds. The Balaban J connectivity index is 1.55. The summed E-state index contributed by atoms with van der Waals surface area (Å²) in [6, 6.07) is 20.0. The van der Waals surface area contributed by atoms with Crippen LogP contribution in [0.4, 0.5) is 0 Å². The van der Waals surface area contributed by atoms with E-state index < -0.39 is 5.97 Å². The van der Waals surface area contributed by atoms with Gasteiger partial charge < -0.3 is 14.2 Å². The Morgan fingerprint density at radius 1 is 0.938 bits per heavy atom. The van der Waals surface area contributed by atoms with E-state index in [2.05, 4.69) is 4.99 Å². The molecular formula is C25H19Cl2NO4. The van der Waals surface area contributed by atoms with Gasteiger partial charge in [-0.05, 0) is 60.5 Å². The van der Waals surface area contributed by atoms with E-state index in [4.69, 9.17) is 37.4 Å². The van der Waals surface area contributed by atoms with Crippen molar-refractivity contribution in [2.45, 2.75) is 13.5 Å². The minimum absolute atomic E-state index is 0.218. The lowest BCUT2D eigenvalue weighted by Crippen LogP contribution is -2.05. The summed E-state index contributed by atoms with van der Waals surface area (Å²) in [4.78, 5) is 16.6. The summed E-state index contributed by atoms with van der Waals surface area (Å²) in [6.07, 6.45) is 1.66. The van der Waals surface area contributed by atoms with Gasteiger partial charge in [-0.25, -0.2) is 9.79 Å². The zero-order valence-corrected chi connectivity index (χ0v) is 18.7. The molecular weight excluding hydrogens is 449 g/mol. The monoisotopic (exact) mass is 467 g/mol. The minimum Gasteiger partial charge on any atom is -0.490 e. The quantitative estimate of drug-likeness (QED) is 0.301. The van der Waals surface area contributed by atoms with Crippen LogP contribution in [0.15, 0.2) is 77.4 Å². The van der Waals surface area contributed by atoms with Crippen molar-refractivity contribution in [3.8, 4) is 11.5 Å². The molecule has 5 nitrogen and oxygen atoms in total. The molecule has 1 aliphatic rings. The lowest BCUT2D eigenvalue weighted by atomic mass is 10.1. The van der Waals surface area contributed by atoms with Crippen molar-refractivity contribution in [2.75, 3.05) is 6.61 Å². The van der Waals surface area contributed by atoms with Crippen molar-refractivity contribution >= 4 is 41.1 Å². The molecule has 32 heavy (non-hydrogen) atoms. The summed E-state index contributed by atoms with van der Waals surface area (Å²) >= 11 is 12.0.